The number of rotatable bonds is 10. The molecule has 0 radical (unpaired) electrons. The summed E-state index contributed by atoms with van der Waals surface area (Å²) in [5.41, 5.74) is 0. The van der Waals surface area contributed by atoms with Gasteiger partial charge < -0.3 is 24.5 Å². The van der Waals surface area contributed by atoms with Gasteiger partial charge >= 0.3 is 5.97 Å². The molecule has 0 aromatic carbocycles. The molecule has 22 heavy (non-hydrogen) atoms. The third-order valence-electron chi connectivity index (χ3n) is 2.73. The van der Waals surface area contributed by atoms with Crippen molar-refractivity contribution in [1.82, 2.24) is 10.6 Å². The maximum atomic E-state index is 11.0. The third-order valence-corrected chi connectivity index (χ3v) is 2.73. The van der Waals surface area contributed by atoms with Gasteiger partial charge in [0.15, 0.2) is 5.96 Å². The monoisotopic (exact) mass is 311 g/mol. The summed E-state index contributed by atoms with van der Waals surface area (Å²) in [5.74, 6) is 1.27. The van der Waals surface area contributed by atoms with Crippen LogP contribution < -0.4 is 10.6 Å². The second-order valence-electron chi connectivity index (χ2n) is 4.50. The minimum Gasteiger partial charge on any atom is -0.469 e. The van der Waals surface area contributed by atoms with Crippen LogP contribution in [-0.4, -0.2) is 45.3 Å². The Morgan fingerprint density at radius 1 is 1.41 bits per heavy atom. The fourth-order valence-corrected chi connectivity index (χ4v) is 1.65. The lowest BCUT2D eigenvalue weighted by Gasteiger charge is -2.10. The molecule has 0 spiro atoms. The van der Waals surface area contributed by atoms with E-state index >= 15 is 0 Å². The molecule has 124 valence electrons. The Hall–Kier alpha value is -2.02. The fraction of sp³-hybridized carbons (Fsp3) is 0.600. The van der Waals surface area contributed by atoms with Gasteiger partial charge in [-0.3, -0.25) is 9.79 Å². The Kier molecular flexibility index (Phi) is 9.52. The summed E-state index contributed by atoms with van der Waals surface area (Å²) >= 11 is 0. The summed E-state index contributed by atoms with van der Waals surface area (Å²) in [6, 6.07) is 3.72. The van der Waals surface area contributed by atoms with Crippen LogP contribution in [-0.2, 0) is 20.9 Å². The Morgan fingerprint density at radius 2 is 2.27 bits per heavy atom. The topological polar surface area (TPSA) is 85.1 Å². The average Bonchev–Trinajstić information content (AvgIpc) is 3.03. The van der Waals surface area contributed by atoms with E-state index in [0.29, 0.717) is 38.7 Å². The maximum Gasteiger partial charge on any atom is 0.307 e. The van der Waals surface area contributed by atoms with Crippen molar-refractivity contribution >= 4 is 11.9 Å². The zero-order valence-corrected chi connectivity index (χ0v) is 13.3. The van der Waals surface area contributed by atoms with Crippen molar-refractivity contribution in [1.29, 1.82) is 0 Å². The smallest absolute Gasteiger partial charge is 0.307 e. The lowest BCUT2D eigenvalue weighted by Crippen LogP contribution is -2.38. The quantitative estimate of drug-likeness (QED) is 0.293. The van der Waals surface area contributed by atoms with E-state index in [1.165, 1.54) is 7.11 Å². The van der Waals surface area contributed by atoms with Crippen LogP contribution in [0.2, 0.25) is 0 Å². The summed E-state index contributed by atoms with van der Waals surface area (Å²) in [6.07, 6.45) is 2.76. The number of aliphatic imine (C=N–C) groups is 1. The minimum atomic E-state index is -0.241. The zero-order valence-electron chi connectivity index (χ0n) is 13.3. The predicted octanol–water partition coefficient (Wildman–Crippen LogP) is 1.30. The second-order valence-corrected chi connectivity index (χ2v) is 4.50. The highest BCUT2D eigenvalue weighted by Crippen LogP contribution is 2.01. The predicted molar refractivity (Wildman–Crippen MR) is 83.6 cm³/mol. The van der Waals surface area contributed by atoms with E-state index in [9.17, 15) is 4.79 Å². The Bertz CT molecular complexity index is 432. The van der Waals surface area contributed by atoms with Crippen LogP contribution in [0.1, 0.15) is 25.5 Å². The van der Waals surface area contributed by atoms with Crippen molar-refractivity contribution in [2.75, 3.05) is 33.4 Å². The van der Waals surface area contributed by atoms with E-state index in [-0.39, 0.29) is 5.97 Å². The summed E-state index contributed by atoms with van der Waals surface area (Å²) in [5, 5.41) is 6.20. The number of nitrogens with zero attached hydrogens (tertiary/aromatic N) is 1. The molecule has 0 fully saturated rings. The lowest BCUT2D eigenvalue weighted by molar-refractivity contribution is -0.140. The van der Waals surface area contributed by atoms with E-state index in [4.69, 9.17) is 9.15 Å². The summed E-state index contributed by atoms with van der Waals surface area (Å²) in [7, 11) is 1.38. The first-order chi connectivity index (χ1) is 10.8. The van der Waals surface area contributed by atoms with Gasteiger partial charge in [-0.05, 0) is 25.5 Å². The summed E-state index contributed by atoms with van der Waals surface area (Å²) in [4.78, 5) is 15.4. The van der Waals surface area contributed by atoms with Gasteiger partial charge in [-0.2, -0.15) is 0 Å². The molecule has 0 aliphatic rings. The highest BCUT2D eigenvalue weighted by Gasteiger charge is 2.01. The first kappa shape index (κ1) is 18.0. The van der Waals surface area contributed by atoms with Gasteiger partial charge in [-0.15, -0.1) is 0 Å². The van der Waals surface area contributed by atoms with Crippen molar-refractivity contribution in [3.63, 3.8) is 0 Å². The van der Waals surface area contributed by atoms with Crippen LogP contribution >= 0.6 is 0 Å². The zero-order chi connectivity index (χ0) is 16.0. The highest BCUT2D eigenvalue weighted by atomic mass is 16.5. The van der Waals surface area contributed by atoms with Gasteiger partial charge in [0, 0.05) is 26.2 Å². The molecule has 0 aliphatic heterocycles. The molecule has 0 saturated heterocycles. The lowest BCUT2D eigenvalue weighted by atomic mass is 10.4. The van der Waals surface area contributed by atoms with Crippen LogP contribution in [0.5, 0.6) is 0 Å². The van der Waals surface area contributed by atoms with Crippen molar-refractivity contribution < 1.29 is 18.7 Å². The van der Waals surface area contributed by atoms with Crippen LogP contribution in [0, 0.1) is 0 Å². The van der Waals surface area contributed by atoms with Gasteiger partial charge in [-0.25, -0.2) is 0 Å². The van der Waals surface area contributed by atoms with E-state index in [1.54, 1.807) is 6.26 Å². The Morgan fingerprint density at radius 3 is 2.95 bits per heavy atom. The van der Waals surface area contributed by atoms with E-state index in [0.717, 1.165) is 18.7 Å². The van der Waals surface area contributed by atoms with E-state index < -0.39 is 0 Å². The number of hydrogen-bond donors (Lipinski definition) is 2. The van der Waals surface area contributed by atoms with Crippen LogP contribution in [0.4, 0.5) is 0 Å². The van der Waals surface area contributed by atoms with Crippen molar-refractivity contribution in [3.05, 3.63) is 24.2 Å². The molecule has 2 N–H and O–H groups in total. The van der Waals surface area contributed by atoms with Gasteiger partial charge in [0.05, 0.1) is 19.8 Å². The number of carbonyl (C=O) groups is 1. The van der Waals surface area contributed by atoms with Crippen molar-refractivity contribution in [3.8, 4) is 0 Å². The molecule has 0 amide bonds. The number of furan rings is 1. The SMILES string of the molecule is CCNC(=NCCCOCc1ccco1)NCCC(=O)OC. The molecule has 1 aromatic rings. The average molecular weight is 311 g/mol. The Balaban J connectivity index is 2.14. The first-order valence-electron chi connectivity index (χ1n) is 7.45. The van der Waals surface area contributed by atoms with E-state index in [2.05, 4.69) is 20.4 Å². The first-order valence-corrected chi connectivity index (χ1v) is 7.45. The molecule has 1 heterocycles. The highest BCUT2D eigenvalue weighted by molar-refractivity contribution is 5.80. The molecule has 0 unspecified atom stereocenters. The van der Waals surface area contributed by atoms with Crippen molar-refractivity contribution in [2.24, 2.45) is 4.99 Å². The standard InChI is InChI=1S/C15H25N3O4/c1-3-16-15(18-9-7-14(19)20-2)17-8-5-10-21-12-13-6-4-11-22-13/h4,6,11H,3,5,7-10,12H2,1-2H3,(H2,16,17,18). The minimum absolute atomic E-state index is 0.241. The molecule has 1 aromatic heterocycles. The second kappa shape index (κ2) is 11.6. The number of ether oxygens (including phenoxy) is 2. The number of nitrogens with one attached hydrogen (secondary N) is 2. The number of hydrogen-bond acceptors (Lipinski definition) is 5. The van der Waals surface area contributed by atoms with Crippen LogP contribution in [0.3, 0.4) is 0 Å². The Labute approximate surface area is 131 Å². The largest absolute Gasteiger partial charge is 0.469 e. The van der Waals surface area contributed by atoms with Gasteiger partial charge in [0.2, 0.25) is 0 Å². The summed E-state index contributed by atoms with van der Waals surface area (Å²) < 4.78 is 15.2. The van der Waals surface area contributed by atoms with Crippen LogP contribution in [0.25, 0.3) is 0 Å². The van der Waals surface area contributed by atoms with Gasteiger partial charge in [0.1, 0.15) is 12.4 Å². The fourth-order valence-electron chi connectivity index (χ4n) is 1.65. The molecule has 0 bridgehead atoms. The molecular weight excluding hydrogens is 286 g/mol. The van der Waals surface area contributed by atoms with E-state index in [1.807, 2.05) is 19.1 Å². The molecule has 7 nitrogen and oxygen atoms in total. The number of methoxy groups -OCH3 is 1. The normalized spacial score (nSPS) is 11.3. The number of carbonyl (C=O) groups excluding carboxylic acids is 1. The number of esters is 1. The van der Waals surface area contributed by atoms with Gasteiger partial charge in [-0.1, -0.05) is 0 Å². The molecule has 7 heteroatoms. The summed E-state index contributed by atoms with van der Waals surface area (Å²) in [6.45, 7) is 4.99. The van der Waals surface area contributed by atoms with Crippen molar-refractivity contribution in [2.45, 2.75) is 26.4 Å². The molecule has 0 saturated carbocycles. The molecule has 0 atom stereocenters. The molecule has 0 aliphatic carbocycles. The van der Waals surface area contributed by atoms with Gasteiger partial charge in [0.25, 0.3) is 0 Å². The third kappa shape index (κ3) is 8.31. The van der Waals surface area contributed by atoms with Crippen LogP contribution in [0.15, 0.2) is 27.8 Å². The number of guanidine groups is 1. The molecular formula is C15H25N3O4. The maximum absolute atomic E-state index is 11.0. The molecule has 1 rings (SSSR count).